The lowest BCUT2D eigenvalue weighted by Gasteiger charge is -2.08. The van der Waals surface area contributed by atoms with E-state index in [9.17, 15) is 14.5 Å². The normalized spacial score (nSPS) is 12.5. The van der Waals surface area contributed by atoms with Crippen LogP contribution in [0.25, 0.3) is 0 Å². The highest BCUT2D eigenvalue weighted by Crippen LogP contribution is 2.23. The predicted molar refractivity (Wildman–Crippen MR) is 48.5 cm³/mol. The predicted octanol–water partition coefficient (Wildman–Crippen LogP) is 2.44. The molecule has 14 heavy (non-hydrogen) atoms. The molecule has 0 fully saturated rings. The molecule has 4 nitrogen and oxygen atoms in total. The van der Waals surface area contributed by atoms with Gasteiger partial charge in [0, 0.05) is 13.2 Å². The topological polar surface area (TPSA) is 52.4 Å². The Kier molecular flexibility index (Phi) is 3.14. The molecule has 1 aromatic carbocycles. The van der Waals surface area contributed by atoms with Gasteiger partial charge in [-0.2, -0.15) is 4.39 Å². The molecular formula is C9H10FNO3. The van der Waals surface area contributed by atoms with Crippen molar-refractivity contribution in [3.63, 3.8) is 0 Å². The van der Waals surface area contributed by atoms with E-state index >= 15 is 0 Å². The van der Waals surface area contributed by atoms with Crippen LogP contribution in [0.5, 0.6) is 0 Å². The van der Waals surface area contributed by atoms with Gasteiger partial charge in [0.05, 0.1) is 11.0 Å². The standard InChI is InChI=1S/C9H10FNO3/c1-6(14-2)7-3-4-8(10)9(5-7)11(12)13/h3-6H,1-2H3/t6-/m0/s1. The fraction of sp³-hybridized carbons (Fsp3) is 0.333. The molecule has 1 atom stereocenters. The SMILES string of the molecule is CO[C@@H](C)c1ccc(F)c([N+](=O)[O-])c1. The van der Waals surface area contributed by atoms with Crippen LogP contribution < -0.4 is 0 Å². The monoisotopic (exact) mass is 199 g/mol. The largest absolute Gasteiger partial charge is 0.377 e. The molecule has 0 amide bonds. The number of hydrogen-bond acceptors (Lipinski definition) is 3. The van der Waals surface area contributed by atoms with E-state index in [1.165, 1.54) is 19.2 Å². The van der Waals surface area contributed by atoms with E-state index in [2.05, 4.69) is 0 Å². The molecule has 0 aliphatic carbocycles. The van der Waals surface area contributed by atoms with Crippen molar-refractivity contribution < 1.29 is 14.1 Å². The van der Waals surface area contributed by atoms with Gasteiger partial charge in [0.15, 0.2) is 0 Å². The van der Waals surface area contributed by atoms with E-state index in [0.29, 0.717) is 5.56 Å². The zero-order valence-corrected chi connectivity index (χ0v) is 7.86. The van der Waals surface area contributed by atoms with Gasteiger partial charge in [0.25, 0.3) is 0 Å². The molecule has 0 aliphatic rings. The van der Waals surface area contributed by atoms with Gasteiger partial charge in [-0.3, -0.25) is 10.1 Å². The van der Waals surface area contributed by atoms with Crippen molar-refractivity contribution in [1.82, 2.24) is 0 Å². The number of ether oxygens (including phenoxy) is 1. The van der Waals surface area contributed by atoms with Crippen LogP contribution in [0.15, 0.2) is 18.2 Å². The molecule has 1 aromatic rings. The molecular weight excluding hydrogens is 189 g/mol. The zero-order valence-electron chi connectivity index (χ0n) is 7.86. The lowest BCUT2D eigenvalue weighted by Crippen LogP contribution is -1.99. The van der Waals surface area contributed by atoms with Crippen molar-refractivity contribution in [3.8, 4) is 0 Å². The number of hydrogen-bond donors (Lipinski definition) is 0. The van der Waals surface area contributed by atoms with Crippen LogP contribution in [-0.4, -0.2) is 12.0 Å². The van der Waals surface area contributed by atoms with Crippen LogP contribution in [0.4, 0.5) is 10.1 Å². The van der Waals surface area contributed by atoms with Crippen molar-refractivity contribution in [1.29, 1.82) is 0 Å². The number of nitro benzene ring substituents is 1. The Morgan fingerprint density at radius 1 is 1.57 bits per heavy atom. The first-order valence-corrected chi connectivity index (χ1v) is 4.03. The first-order chi connectivity index (χ1) is 6.56. The summed E-state index contributed by atoms with van der Waals surface area (Å²) in [7, 11) is 1.49. The van der Waals surface area contributed by atoms with E-state index < -0.39 is 16.4 Å². The minimum Gasteiger partial charge on any atom is -0.377 e. The first kappa shape index (κ1) is 10.6. The van der Waals surface area contributed by atoms with Crippen LogP contribution >= 0.6 is 0 Å². The highest BCUT2D eigenvalue weighted by Gasteiger charge is 2.16. The molecule has 0 saturated heterocycles. The summed E-state index contributed by atoms with van der Waals surface area (Å²) in [5.74, 6) is -0.831. The molecule has 0 heterocycles. The minimum absolute atomic E-state index is 0.283. The van der Waals surface area contributed by atoms with Gasteiger partial charge in [-0.1, -0.05) is 6.07 Å². The molecule has 0 bridgehead atoms. The summed E-state index contributed by atoms with van der Waals surface area (Å²) in [6.45, 7) is 1.73. The number of rotatable bonds is 3. The molecule has 5 heteroatoms. The van der Waals surface area contributed by atoms with E-state index in [-0.39, 0.29) is 6.10 Å². The fourth-order valence-corrected chi connectivity index (χ4v) is 1.06. The highest BCUT2D eigenvalue weighted by atomic mass is 19.1. The van der Waals surface area contributed by atoms with Gasteiger partial charge in [-0.15, -0.1) is 0 Å². The number of benzene rings is 1. The maximum atomic E-state index is 12.9. The fourth-order valence-electron chi connectivity index (χ4n) is 1.06. The van der Waals surface area contributed by atoms with Crippen LogP contribution in [0, 0.1) is 15.9 Å². The summed E-state index contributed by atoms with van der Waals surface area (Å²) >= 11 is 0. The minimum atomic E-state index is -0.831. The number of methoxy groups -OCH3 is 1. The van der Waals surface area contributed by atoms with E-state index in [1.54, 1.807) is 6.92 Å². The number of nitrogens with zero attached hydrogens (tertiary/aromatic N) is 1. The summed E-state index contributed by atoms with van der Waals surface area (Å²) in [5, 5.41) is 10.4. The first-order valence-electron chi connectivity index (χ1n) is 4.03. The molecule has 1 rings (SSSR count). The van der Waals surface area contributed by atoms with Crippen molar-refractivity contribution in [2.45, 2.75) is 13.0 Å². The van der Waals surface area contributed by atoms with Gasteiger partial charge in [-0.25, -0.2) is 0 Å². The smallest absolute Gasteiger partial charge is 0.305 e. The average Bonchev–Trinajstić information content (AvgIpc) is 2.17. The van der Waals surface area contributed by atoms with Gasteiger partial charge >= 0.3 is 5.69 Å². The Morgan fingerprint density at radius 3 is 2.71 bits per heavy atom. The molecule has 76 valence electrons. The van der Waals surface area contributed by atoms with Gasteiger partial charge < -0.3 is 4.74 Å². The Bertz CT molecular complexity index is 354. The van der Waals surface area contributed by atoms with Crippen LogP contribution in [0.1, 0.15) is 18.6 Å². The van der Waals surface area contributed by atoms with Crippen molar-refractivity contribution in [2.75, 3.05) is 7.11 Å². The van der Waals surface area contributed by atoms with Crippen molar-refractivity contribution in [2.24, 2.45) is 0 Å². The average molecular weight is 199 g/mol. The Morgan fingerprint density at radius 2 is 2.21 bits per heavy atom. The van der Waals surface area contributed by atoms with Crippen LogP contribution in [0.2, 0.25) is 0 Å². The number of nitro groups is 1. The lowest BCUT2D eigenvalue weighted by molar-refractivity contribution is -0.387. The van der Waals surface area contributed by atoms with Crippen LogP contribution in [-0.2, 0) is 4.74 Å². The number of halogens is 1. The summed E-state index contributed by atoms with van der Waals surface area (Å²) < 4.78 is 17.9. The highest BCUT2D eigenvalue weighted by molar-refractivity contribution is 5.36. The third-order valence-electron chi connectivity index (χ3n) is 1.99. The third-order valence-corrected chi connectivity index (χ3v) is 1.99. The van der Waals surface area contributed by atoms with Crippen molar-refractivity contribution in [3.05, 3.63) is 39.7 Å². The molecule has 0 N–H and O–H groups in total. The van der Waals surface area contributed by atoms with Gasteiger partial charge in [0.2, 0.25) is 5.82 Å². The van der Waals surface area contributed by atoms with Gasteiger partial charge in [-0.05, 0) is 18.6 Å². The van der Waals surface area contributed by atoms with E-state index in [4.69, 9.17) is 4.74 Å². The molecule has 0 saturated carbocycles. The second-order valence-electron chi connectivity index (χ2n) is 2.85. The zero-order chi connectivity index (χ0) is 10.7. The maximum Gasteiger partial charge on any atom is 0.305 e. The summed E-state index contributed by atoms with van der Waals surface area (Å²) in [5.41, 5.74) is 0.0620. The second kappa shape index (κ2) is 4.15. The second-order valence-corrected chi connectivity index (χ2v) is 2.85. The molecule has 0 aliphatic heterocycles. The quantitative estimate of drug-likeness (QED) is 0.555. The summed E-state index contributed by atoms with van der Waals surface area (Å²) in [4.78, 5) is 9.66. The van der Waals surface area contributed by atoms with Crippen molar-refractivity contribution >= 4 is 5.69 Å². The van der Waals surface area contributed by atoms with Crippen LogP contribution in [0.3, 0.4) is 0 Å². The van der Waals surface area contributed by atoms with Gasteiger partial charge in [0.1, 0.15) is 0 Å². The molecule has 0 aromatic heterocycles. The Hall–Kier alpha value is -1.49. The summed E-state index contributed by atoms with van der Waals surface area (Å²) in [6.07, 6.45) is -0.283. The Labute approximate surface area is 80.5 Å². The molecule has 0 unspecified atom stereocenters. The Balaban J connectivity index is 3.12. The van der Waals surface area contributed by atoms with E-state index in [0.717, 1.165) is 6.07 Å². The third kappa shape index (κ3) is 2.05. The maximum absolute atomic E-state index is 12.9. The molecule has 0 spiro atoms. The summed E-state index contributed by atoms with van der Waals surface area (Å²) in [6, 6.07) is 3.73. The lowest BCUT2D eigenvalue weighted by atomic mass is 10.1. The molecule has 0 radical (unpaired) electrons. The van der Waals surface area contributed by atoms with E-state index in [1.807, 2.05) is 0 Å².